The van der Waals surface area contributed by atoms with E-state index in [4.69, 9.17) is 0 Å². The fourth-order valence-electron chi connectivity index (χ4n) is 0.895. The van der Waals surface area contributed by atoms with Crippen molar-refractivity contribution in [3.63, 3.8) is 0 Å². The van der Waals surface area contributed by atoms with Crippen LogP contribution in [0.15, 0.2) is 6.20 Å². The summed E-state index contributed by atoms with van der Waals surface area (Å²) in [6.45, 7) is 1.97. The van der Waals surface area contributed by atoms with Crippen LogP contribution >= 0.6 is 0 Å². The molecule has 13 heavy (non-hydrogen) atoms. The maximum atomic E-state index is 12.0. The smallest absolute Gasteiger partial charge is 0.158 e. The number of rotatable bonds is 3. The number of nitrogens with zero attached hydrogens (tertiary/aromatic N) is 3. The van der Waals surface area contributed by atoms with Gasteiger partial charge in [-0.25, -0.2) is 0 Å². The van der Waals surface area contributed by atoms with Crippen molar-refractivity contribution in [3.05, 3.63) is 11.9 Å². The molecule has 0 saturated carbocycles. The lowest BCUT2D eigenvalue weighted by Gasteiger charge is -2.02. The zero-order chi connectivity index (χ0) is 9.90. The average Bonchev–Trinajstić information content (AvgIpc) is 2.47. The molecule has 1 rings (SSSR count). The molecule has 0 aliphatic carbocycles. The van der Waals surface area contributed by atoms with E-state index < -0.39 is 6.30 Å². The molecule has 3 nitrogen and oxygen atoms in total. The van der Waals surface area contributed by atoms with Gasteiger partial charge in [-0.3, -0.25) is 0 Å². The van der Waals surface area contributed by atoms with Gasteiger partial charge in [0.15, 0.2) is 0 Å². The predicted octanol–water partition coefficient (Wildman–Crippen LogP) is 2.10. The zero-order valence-corrected chi connectivity index (χ0v) is 7.17. The predicted molar refractivity (Wildman–Crippen MR) is 39.9 cm³/mol. The van der Waals surface area contributed by atoms with E-state index in [1.54, 1.807) is 0 Å². The molecule has 1 aromatic heterocycles. The van der Waals surface area contributed by atoms with E-state index in [9.17, 15) is 13.2 Å². The third-order valence-electron chi connectivity index (χ3n) is 1.59. The van der Waals surface area contributed by atoms with Crippen LogP contribution in [-0.2, 0) is 12.7 Å². The maximum absolute atomic E-state index is 12.0. The van der Waals surface area contributed by atoms with E-state index in [0.717, 1.165) is 19.0 Å². The highest BCUT2D eigenvalue weighted by Crippen LogP contribution is 2.20. The van der Waals surface area contributed by atoms with Gasteiger partial charge in [0.2, 0.25) is 0 Å². The second-order valence-electron chi connectivity index (χ2n) is 2.73. The molecule has 0 unspecified atom stereocenters. The Hall–Kier alpha value is -1.07. The number of alkyl halides is 3. The van der Waals surface area contributed by atoms with Gasteiger partial charge >= 0.3 is 6.30 Å². The number of aryl methyl sites for hydroxylation is 1. The summed E-state index contributed by atoms with van der Waals surface area (Å²) in [5.74, 6) is 0. The van der Waals surface area contributed by atoms with Gasteiger partial charge in [0.25, 0.3) is 0 Å². The first kappa shape index (κ1) is 10.0. The standard InChI is InChI=1S/C7H10F3N3/c1-2-3-4-6-5-13(12-11-6)7(8,9)10/h5H,2-4H2,1H3. The first-order valence-corrected chi connectivity index (χ1v) is 4.02. The fourth-order valence-corrected chi connectivity index (χ4v) is 0.895. The molecule has 0 bridgehead atoms. The molecule has 0 radical (unpaired) electrons. The van der Waals surface area contributed by atoms with Crippen LogP contribution in [0, 0.1) is 0 Å². The monoisotopic (exact) mass is 193 g/mol. The van der Waals surface area contributed by atoms with Gasteiger partial charge < -0.3 is 0 Å². The second-order valence-corrected chi connectivity index (χ2v) is 2.73. The lowest BCUT2D eigenvalue weighted by Crippen LogP contribution is -2.17. The highest BCUT2D eigenvalue weighted by Gasteiger charge is 2.32. The molecule has 0 aromatic carbocycles. The van der Waals surface area contributed by atoms with Crippen molar-refractivity contribution in [1.29, 1.82) is 0 Å². The summed E-state index contributed by atoms with van der Waals surface area (Å²) in [6, 6.07) is 0. The van der Waals surface area contributed by atoms with Crippen LogP contribution in [0.2, 0.25) is 0 Å². The topological polar surface area (TPSA) is 30.7 Å². The number of unbranched alkanes of at least 4 members (excludes halogenated alkanes) is 1. The van der Waals surface area contributed by atoms with Crippen LogP contribution in [0.3, 0.4) is 0 Å². The minimum atomic E-state index is -4.45. The molecule has 74 valence electrons. The Kier molecular flexibility index (Phi) is 2.90. The molecule has 0 atom stereocenters. The van der Waals surface area contributed by atoms with Crippen molar-refractivity contribution >= 4 is 0 Å². The highest BCUT2D eigenvalue weighted by atomic mass is 19.4. The van der Waals surface area contributed by atoms with Crippen LogP contribution < -0.4 is 0 Å². The molecule has 0 amide bonds. The lowest BCUT2D eigenvalue weighted by atomic mass is 10.2. The van der Waals surface area contributed by atoms with Crippen LogP contribution in [0.25, 0.3) is 0 Å². The fraction of sp³-hybridized carbons (Fsp3) is 0.714. The van der Waals surface area contributed by atoms with Crippen LogP contribution in [0.1, 0.15) is 25.5 Å². The molecule has 1 aromatic rings. The van der Waals surface area contributed by atoms with Gasteiger partial charge in [-0.2, -0.15) is 4.68 Å². The quantitative estimate of drug-likeness (QED) is 0.735. The summed E-state index contributed by atoms with van der Waals surface area (Å²) in [4.78, 5) is 0. The molecule has 0 spiro atoms. The van der Waals surface area contributed by atoms with Crippen LogP contribution in [-0.4, -0.2) is 15.0 Å². The van der Waals surface area contributed by atoms with E-state index in [1.165, 1.54) is 0 Å². The van der Waals surface area contributed by atoms with Crippen molar-refractivity contribution in [3.8, 4) is 0 Å². The molecule has 0 fully saturated rings. The summed E-state index contributed by atoms with van der Waals surface area (Å²) >= 11 is 0. The van der Waals surface area contributed by atoms with Gasteiger partial charge in [0.05, 0.1) is 11.9 Å². The SMILES string of the molecule is CCCCc1cn(C(F)(F)F)nn1. The Balaban J connectivity index is 2.64. The van der Waals surface area contributed by atoms with Crippen molar-refractivity contribution in [2.24, 2.45) is 0 Å². The Bertz CT molecular complexity index is 266. The Morgan fingerprint density at radius 1 is 1.46 bits per heavy atom. The first-order chi connectivity index (χ1) is 6.04. The molecular weight excluding hydrogens is 183 g/mol. The molecule has 0 aliphatic rings. The van der Waals surface area contributed by atoms with Gasteiger partial charge in [-0.15, -0.1) is 18.3 Å². The molecular formula is C7H10F3N3. The van der Waals surface area contributed by atoms with E-state index in [1.807, 2.05) is 6.92 Å². The number of hydrogen-bond donors (Lipinski definition) is 0. The summed E-state index contributed by atoms with van der Waals surface area (Å²) in [7, 11) is 0. The van der Waals surface area contributed by atoms with Crippen molar-refractivity contribution in [1.82, 2.24) is 15.0 Å². The first-order valence-electron chi connectivity index (χ1n) is 4.02. The molecule has 1 heterocycles. The zero-order valence-electron chi connectivity index (χ0n) is 7.17. The molecule has 6 heteroatoms. The summed E-state index contributed by atoms with van der Waals surface area (Å²) in [6.07, 6.45) is -1.21. The number of aromatic nitrogens is 3. The third-order valence-corrected chi connectivity index (χ3v) is 1.59. The van der Waals surface area contributed by atoms with Gasteiger partial charge in [-0.05, 0) is 12.8 Å². The third kappa shape index (κ3) is 2.71. The summed E-state index contributed by atoms with van der Waals surface area (Å²) in [5, 5.41) is 6.40. The summed E-state index contributed by atoms with van der Waals surface area (Å²) < 4.78 is 35.9. The molecule has 0 aliphatic heterocycles. The minimum Gasteiger partial charge on any atom is -0.158 e. The van der Waals surface area contributed by atoms with Crippen molar-refractivity contribution < 1.29 is 13.2 Å². The van der Waals surface area contributed by atoms with Crippen molar-refractivity contribution in [2.45, 2.75) is 32.5 Å². The van der Waals surface area contributed by atoms with Crippen molar-refractivity contribution in [2.75, 3.05) is 0 Å². The lowest BCUT2D eigenvalue weighted by molar-refractivity contribution is -0.213. The summed E-state index contributed by atoms with van der Waals surface area (Å²) in [5.41, 5.74) is 0.388. The Morgan fingerprint density at radius 2 is 2.15 bits per heavy atom. The minimum absolute atomic E-state index is 0.0714. The Morgan fingerprint density at radius 3 is 2.62 bits per heavy atom. The van der Waals surface area contributed by atoms with E-state index >= 15 is 0 Å². The second kappa shape index (κ2) is 3.76. The molecule has 0 saturated heterocycles. The largest absolute Gasteiger partial charge is 0.505 e. The maximum Gasteiger partial charge on any atom is 0.505 e. The van der Waals surface area contributed by atoms with Gasteiger partial charge in [0.1, 0.15) is 0 Å². The normalized spacial score (nSPS) is 12.0. The van der Waals surface area contributed by atoms with Gasteiger partial charge in [0, 0.05) is 0 Å². The molecule has 0 N–H and O–H groups in total. The highest BCUT2D eigenvalue weighted by molar-refractivity contribution is 4.92. The number of hydrogen-bond acceptors (Lipinski definition) is 2. The average molecular weight is 193 g/mol. The number of halogens is 3. The van der Waals surface area contributed by atoms with E-state index in [-0.39, 0.29) is 4.68 Å². The van der Waals surface area contributed by atoms with Gasteiger partial charge in [-0.1, -0.05) is 18.6 Å². The van der Waals surface area contributed by atoms with Crippen LogP contribution in [0.4, 0.5) is 13.2 Å². The van der Waals surface area contributed by atoms with Crippen LogP contribution in [0.5, 0.6) is 0 Å². The van der Waals surface area contributed by atoms with E-state index in [0.29, 0.717) is 12.1 Å². The Labute approximate surface area is 73.5 Å². The van der Waals surface area contributed by atoms with E-state index in [2.05, 4.69) is 10.3 Å².